The van der Waals surface area contributed by atoms with Crippen LogP contribution in [0.3, 0.4) is 0 Å². The van der Waals surface area contributed by atoms with Crippen LogP contribution in [0.5, 0.6) is 0 Å². The van der Waals surface area contributed by atoms with Gasteiger partial charge in [0, 0.05) is 32.4 Å². The lowest BCUT2D eigenvalue weighted by atomic mass is 10.2. The molecule has 6 nitrogen and oxygen atoms in total. The van der Waals surface area contributed by atoms with Crippen molar-refractivity contribution in [1.29, 1.82) is 0 Å². The highest BCUT2D eigenvalue weighted by Crippen LogP contribution is 2.25. The Bertz CT molecular complexity index is 653. The van der Waals surface area contributed by atoms with E-state index >= 15 is 0 Å². The molecule has 0 saturated carbocycles. The van der Waals surface area contributed by atoms with Crippen molar-refractivity contribution in [1.82, 2.24) is 15.1 Å². The summed E-state index contributed by atoms with van der Waals surface area (Å²) in [5.74, 6) is -0.229. The third-order valence-electron chi connectivity index (χ3n) is 3.05. The summed E-state index contributed by atoms with van der Waals surface area (Å²) in [5.41, 5.74) is 0.716. The lowest BCUT2D eigenvalue weighted by Crippen LogP contribution is -2.28. The summed E-state index contributed by atoms with van der Waals surface area (Å²) in [6.07, 6.45) is 0.748. The van der Waals surface area contributed by atoms with Gasteiger partial charge in [0.15, 0.2) is 5.82 Å². The van der Waals surface area contributed by atoms with Crippen LogP contribution in [-0.4, -0.2) is 35.7 Å². The predicted octanol–water partition coefficient (Wildman–Crippen LogP) is 0.811. The van der Waals surface area contributed by atoms with Gasteiger partial charge in [-0.3, -0.25) is 19.2 Å². The third-order valence-corrected chi connectivity index (χ3v) is 3.05. The number of amides is 2. The van der Waals surface area contributed by atoms with Crippen molar-refractivity contribution in [3.63, 3.8) is 0 Å². The molecule has 1 aromatic carbocycles. The molecule has 7 heteroatoms. The van der Waals surface area contributed by atoms with E-state index in [-0.39, 0.29) is 18.9 Å². The molecule has 0 aliphatic rings. The SMILES string of the molecule is CNC(=O)CCN(C=O)c1nn(C)c2ccc(F)cc12. The largest absolute Gasteiger partial charge is 0.359 e. The molecule has 106 valence electrons. The van der Waals surface area contributed by atoms with Crippen LogP contribution in [0.2, 0.25) is 0 Å². The molecule has 0 fully saturated rings. The smallest absolute Gasteiger partial charge is 0.221 e. The number of nitrogens with zero attached hydrogens (tertiary/aromatic N) is 3. The van der Waals surface area contributed by atoms with Crippen molar-refractivity contribution in [2.45, 2.75) is 6.42 Å². The number of aryl methyl sites for hydroxylation is 1. The third kappa shape index (κ3) is 2.61. The molecule has 0 aliphatic heterocycles. The quantitative estimate of drug-likeness (QED) is 0.823. The number of hydrogen-bond acceptors (Lipinski definition) is 3. The van der Waals surface area contributed by atoms with Crippen LogP contribution in [0, 0.1) is 5.82 Å². The zero-order chi connectivity index (χ0) is 14.7. The van der Waals surface area contributed by atoms with Gasteiger partial charge in [-0.25, -0.2) is 4.39 Å². The fourth-order valence-electron chi connectivity index (χ4n) is 1.99. The van der Waals surface area contributed by atoms with E-state index in [1.54, 1.807) is 17.8 Å². The van der Waals surface area contributed by atoms with Gasteiger partial charge in [-0.2, -0.15) is 5.10 Å². The van der Waals surface area contributed by atoms with E-state index in [1.165, 1.54) is 24.1 Å². The van der Waals surface area contributed by atoms with Gasteiger partial charge in [0.2, 0.25) is 12.3 Å². The molecule has 0 aliphatic carbocycles. The topological polar surface area (TPSA) is 67.2 Å². The van der Waals surface area contributed by atoms with Crippen LogP contribution < -0.4 is 10.2 Å². The van der Waals surface area contributed by atoms with Gasteiger partial charge in [0.05, 0.1) is 5.52 Å². The average Bonchev–Trinajstić information content (AvgIpc) is 2.76. The first kappa shape index (κ1) is 14.0. The van der Waals surface area contributed by atoms with Gasteiger partial charge in [0.25, 0.3) is 0 Å². The number of hydrogen-bond donors (Lipinski definition) is 1. The number of aromatic nitrogens is 2. The Kier molecular flexibility index (Phi) is 3.97. The molecule has 2 amide bonds. The fraction of sp³-hybridized carbons (Fsp3) is 0.308. The van der Waals surface area contributed by atoms with Crippen molar-refractivity contribution in [3.05, 3.63) is 24.0 Å². The number of anilines is 1. The van der Waals surface area contributed by atoms with Crippen molar-refractivity contribution < 1.29 is 14.0 Å². The lowest BCUT2D eigenvalue weighted by molar-refractivity contribution is -0.120. The first-order chi connectivity index (χ1) is 9.56. The molecule has 1 heterocycles. The van der Waals surface area contributed by atoms with E-state index in [9.17, 15) is 14.0 Å². The second-order valence-corrected chi connectivity index (χ2v) is 4.33. The molecule has 1 aromatic heterocycles. The normalized spacial score (nSPS) is 10.6. The number of nitrogens with one attached hydrogen (secondary N) is 1. The van der Waals surface area contributed by atoms with Crippen LogP contribution in [0.1, 0.15) is 6.42 Å². The highest BCUT2D eigenvalue weighted by atomic mass is 19.1. The first-order valence-corrected chi connectivity index (χ1v) is 6.11. The second-order valence-electron chi connectivity index (χ2n) is 4.33. The highest BCUT2D eigenvalue weighted by molar-refractivity contribution is 5.95. The summed E-state index contributed by atoms with van der Waals surface area (Å²) in [7, 11) is 3.24. The van der Waals surface area contributed by atoms with Crippen LogP contribution >= 0.6 is 0 Å². The summed E-state index contributed by atoms with van der Waals surface area (Å²) < 4.78 is 14.9. The van der Waals surface area contributed by atoms with E-state index < -0.39 is 5.82 Å². The summed E-state index contributed by atoms with van der Waals surface area (Å²) in [5, 5.41) is 7.24. The minimum atomic E-state index is -0.399. The Hall–Kier alpha value is -2.44. The Balaban J connectivity index is 2.36. The molecule has 2 rings (SSSR count). The maximum absolute atomic E-state index is 13.4. The van der Waals surface area contributed by atoms with Crippen LogP contribution in [0.4, 0.5) is 10.2 Å². The van der Waals surface area contributed by atoms with E-state index in [4.69, 9.17) is 0 Å². The standard InChI is InChI=1S/C13H15FN4O2/c1-15-12(20)5-6-18(8-19)13-10-7-9(14)3-4-11(10)17(2)16-13/h3-4,7-8H,5-6H2,1-2H3,(H,15,20). The Morgan fingerprint density at radius 2 is 2.30 bits per heavy atom. The first-order valence-electron chi connectivity index (χ1n) is 6.11. The molecule has 0 spiro atoms. The van der Waals surface area contributed by atoms with Crippen molar-refractivity contribution in [3.8, 4) is 0 Å². The summed E-state index contributed by atoms with van der Waals surface area (Å²) in [4.78, 5) is 23.7. The number of fused-ring (bicyclic) bond motifs is 1. The molecule has 0 bridgehead atoms. The number of rotatable bonds is 5. The van der Waals surface area contributed by atoms with Gasteiger partial charge in [0.1, 0.15) is 5.82 Å². The maximum atomic E-state index is 13.4. The lowest BCUT2D eigenvalue weighted by Gasteiger charge is -2.14. The zero-order valence-corrected chi connectivity index (χ0v) is 11.3. The van der Waals surface area contributed by atoms with Crippen molar-refractivity contribution in [2.75, 3.05) is 18.5 Å². The molecule has 0 unspecified atom stereocenters. The fourth-order valence-corrected chi connectivity index (χ4v) is 1.99. The molecule has 0 atom stereocenters. The van der Waals surface area contributed by atoms with E-state index in [0.717, 1.165) is 0 Å². The molecule has 20 heavy (non-hydrogen) atoms. The number of benzene rings is 1. The molecular formula is C13H15FN4O2. The highest BCUT2D eigenvalue weighted by Gasteiger charge is 2.16. The molecule has 0 saturated heterocycles. The summed E-state index contributed by atoms with van der Waals surface area (Å²) >= 11 is 0. The van der Waals surface area contributed by atoms with Gasteiger partial charge in [-0.1, -0.05) is 0 Å². The van der Waals surface area contributed by atoms with Crippen LogP contribution in [0.15, 0.2) is 18.2 Å². The molecular weight excluding hydrogens is 263 g/mol. The molecule has 0 radical (unpaired) electrons. The maximum Gasteiger partial charge on any atom is 0.221 e. The van der Waals surface area contributed by atoms with Gasteiger partial charge < -0.3 is 5.32 Å². The Morgan fingerprint density at radius 3 is 2.95 bits per heavy atom. The van der Waals surface area contributed by atoms with E-state index in [2.05, 4.69) is 10.4 Å². The van der Waals surface area contributed by atoms with Crippen molar-refractivity contribution in [2.24, 2.45) is 7.05 Å². The van der Waals surface area contributed by atoms with E-state index in [1.807, 2.05) is 0 Å². The number of carbonyl (C=O) groups excluding carboxylic acids is 2. The van der Waals surface area contributed by atoms with E-state index in [0.29, 0.717) is 23.1 Å². The number of carbonyl (C=O) groups is 2. The van der Waals surface area contributed by atoms with Crippen LogP contribution in [0.25, 0.3) is 10.9 Å². The van der Waals surface area contributed by atoms with Crippen molar-refractivity contribution >= 4 is 29.0 Å². The number of halogens is 1. The van der Waals surface area contributed by atoms with Gasteiger partial charge in [-0.05, 0) is 18.2 Å². The molecule has 1 N–H and O–H groups in total. The Labute approximate surface area is 115 Å². The summed E-state index contributed by atoms with van der Waals surface area (Å²) in [6.45, 7) is 0.186. The van der Waals surface area contributed by atoms with Gasteiger partial charge in [-0.15, -0.1) is 0 Å². The average molecular weight is 278 g/mol. The minimum absolute atomic E-state index is 0.155. The Morgan fingerprint density at radius 1 is 1.55 bits per heavy atom. The van der Waals surface area contributed by atoms with Gasteiger partial charge >= 0.3 is 0 Å². The predicted molar refractivity (Wildman–Crippen MR) is 72.8 cm³/mol. The zero-order valence-electron chi connectivity index (χ0n) is 11.3. The molecule has 2 aromatic rings. The second kappa shape index (κ2) is 5.68. The van der Waals surface area contributed by atoms with Crippen LogP contribution in [-0.2, 0) is 16.6 Å². The monoisotopic (exact) mass is 278 g/mol. The minimum Gasteiger partial charge on any atom is -0.359 e. The summed E-state index contributed by atoms with van der Waals surface area (Å²) in [6, 6.07) is 4.26.